The predicted octanol–water partition coefficient (Wildman–Crippen LogP) is 2.56. The van der Waals surface area contributed by atoms with Crippen LogP contribution in [0.5, 0.6) is 0 Å². The average molecular weight is 226 g/mol. The van der Waals surface area contributed by atoms with Crippen molar-refractivity contribution in [1.29, 1.82) is 0 Å². The molecule has 0 bridgehead atoms. The van der Waals surface area contributed by atoms with Crippen molar-refractivity contribution in [1.82, 2.24) is 14.8 Å². The molecule has 0 aromatic carbocycles. The van der Waals surface area contributed by atoms with E-state index in [0.717, 1.165) is 38.1 Å². The zero-order chi connectivity index (χ0) is 10.7. The van der Waals surface area contributed by atoms with Gasteiger partial charge in [-0.2, -0.15) is 5.10 Å². The molecule has 1 heterocycles. The average Bonchev–Trinajstić information content (AvgIpc) is 2.78. The summed E-state index contributed by atoms with van der Waals surface area (Å²) in [4.78, 5) is 4.29. The van der Waals surface area contributed by atoms with Crippen molar-refractivity contribution >= 4 is 11.6 Å². The first-order valence-corrected chi connectivity index (χ1v) is 5.93. The highest BCUT2D eigenvalue weighted by Crippen LogP contribution is 2.24. The largest absolute Gasteiger partial charge is 0.250 e. The lowest BCUT2D eigenvalue weighted by Crippen LogP contribution is -2.06. The third-order valence-electron chi connectivity index (χ3n) is 2.67. The molecule has 1 aliphatic carbocycles. The van der Waals surface area contributed by atoms with E-state index in [-0.39, 0.29) is 5.38 Å². The summed E-state index contributed by atoms with van der Waals surface area (Å²) < 4.78 is 1.99. The molecule has 0 radical (unpaired) electrons. The smallest absolute Gasteiger partial charge is 0.138 e. The summed E-state index contributed by atoms with van der Waals surface area (Å²) in [5.41, 5.74) is 1.40. The van der Waals surface area contributed by atoms with Crippen molar-refractivity contribution in [2.24, 2.45) is 0 Å². The molecule has 0 spiro atoms. The highest BCUT2D eigenvalue weighted by Gasteiger charge is 2.15. The number of aryl methyl sites for hydroxylation is 1. The number of nitrogens with zero attached hydrogens (tertiary/aromatic N) is 3. The van der Waals surface area contributed by atoms with Crippen LogP contribution in [0, 0.1) is 0 Å². The van der Waals surface area contributed by atoms with Gasteiger partial charge in [0.1, 0.15) is 12.2 Å². The van der Waals surface area contributed by atoms with Crippen LogP contribution in [0.4, 0.5) is 0 Å². The number of rotatable bonds is 4. The van der Waals surface area contributed by atoms with Gasteiger partial charge < -0.3 is 0 Å². The summed E-state index contributed by atoms with van der Waals surface area (Å²) in [6.07, 6.45) is 7.97. The fourth-order valence-corrected chi connectivity index (χ4v) is 2.21. The SMILES string of the molecule is CCCn1ncnc1CC1=CC(Cl)CC1. The van der Waals surface area contributed by atoms with E-state index in [1.54, 1.807) is 6.33 Å². The predicted molar refractivity (Wildman–Crippen MR) is 61.0 cm³/mol. The minimum absolute atomic E-state index is 0.225. The molecule has 0 aliphatic heterocycles. The van der Waals surface area contributed by atoms with Gasteiger partial charge in [0.05, 0.1) is 5.38 Å². The summed E-state index contributed by atoms with van der Waals surface area (Å²) >= 11 is 6.03. The highest BCUT2D eigenvalue weighted by molar-refractivity contribution is 6.22. The molecule has 1 aromatic heterocycles. The van der Waals surface area contributed by atoms with Gasteiger partial charge in [-0.25, -0.2) is 9.67 Å². The van der Waals surface area contributed by atoms with Crippen molar-refractivity contribution < 1.29 is 0 Å². The van der Waals surface area contributed by atoms with Gasteiger partial charge in [0.25, 0.3) is 0 Å². The van der Waals surface area contributed by atoms with Gasteiger partial charge in [-0.3, -0.25) is 0 Å². The van der Waals surface area contributed by atoms with Crippen LogP contribution in [-0.4, -0.2) is 20.1 Å². The van der Waals surface area contributed by atoms with Gasteiger partial charge in [-0.15, -0.1) is 11.6 Å². The summed E-state index contributed by atoms with van der Waals surface area (Å²) in [5, 5.41) is 4.44. The minimum atomic E-state index is 0.225. The van der Waals surface area contributed by atoms with E-state index in [1.807, 2.05) is 4.68 Å². The maximum absolute atomic E-state index is 6.03. The van der Waals surface area contributed by atoms with Gasteiger partial charge in [-0.1, -0.05) is 18.6 Å². The summed E-state index contributed by atoms with van der Waals surface area (Å²) in [7, 11) is 0. The van der Waals surface area contributed by atoms with E-state index >= 15 is 0 Å². The standard InChI is InChI=1S/C11H16ClN3/c1-2-5-15-11(13-8-14-15)7-9-3-4-10(12)6-9/h6,8,10H,2-5,7H2,1H3. The molecule has 15 heavy (non-hydrogen) atoms. The molecule has 1 atom stereocenters. The molecule has 0 amide bonds. The topological polar surface area (TPSA) is 30.7 Å². The molecule has 1 aliphatic rings. The Kier molecular flexibility index (Phi) is 3.41. The Morgan fingerprint density at radius 3 is 3.13 bits per heavy atom. The molecule has 82 valence electrons. The summed E-state index contributed by atoms with van der Waals surface area (Å²) in [6.45, 7) is 3.10. The summed E-state index contributed by atoms with van der Waals surface area (Å²) in [5.74, 6) is 1.06. The first kappa shape index (κ1) is 10.7. The van der Waals surface area contributed by atoms with Crippen molar-refractivity contribution in [2.75, 3.05) is 0 Å². The quantitative estimate of drug-likeness (QED) is 0.583. The molecule has 2 rings (SSSR count). The Labute approximate surface area is 95.2 Å². The maximum atomic E-state index is 6.03. The van der Waals surface area contributed by atoms with E-state index in [1.165, 1.54) is 5.57 Å². The van der Waals surface area contributed by atoms with Gasteiger partial charge >= 0.3 is 0 Å². The summed E-state index contributed by atoms with van der Waals surface area (Å²) in [6, 6.07) is 0. The third kappa shape index (κ3) is 2.59. The number of allylic oxidation sites excluding steroid dienone is 2. The Morgan fingerprint density at radius 2 is 2.47 bits per heavy atom. The Morgan fingerprint density at radius 1 is 1.60 bits per heavy atom. The second-order valence-electron chi connectivity index (χ2n) is 3.96. The molecule has 4 heteroatoms. The van der Waals surface area contributed by atoms with E-state index < -0.39 is 0 Å². The second kappa shape index (κ2) is 4.79. The third-order valence-corrected chi connectivity index (χ3v) is 3.02. The first-order chi connectivity index (χ1) is 7.29. The van der Waals surface area contributed by atoms with Crippen LogP contribution in [0.15, 0.2) is 18.0 Å². The maximum Gasteiger partial charge on any atom is 0.138 e. The van der Waals surface area contributed by atoms with Crippen molar-refractivity contribution in [3.8, 4) is 0 Å². The molecule has 1 unspecified atom stereocenters. The first-order valence-electron chi connectivity index (χ1n) is 5.50. The van der Waals surface area contributed by atoms with Crippen molar-refractivity contribution in [3.63, 3.8) is 0 Å². The molecule has 0 fully saturated rings. The lowest BCUT2D eigenvalue weighted by Gasteiger charge is -2.04. The van der Waals surface area contributed by atoms with Crippen LogP contribution >= 0.6 is 11.6 Å². The number of aromatic nitrogens is 3. The van der Waals surface area contributed by atoms with Crippen LogP contribution in [-0.2, 0) is 13.0 Å². The second-order valence-corrected chi connectivity index (χ2v) is 4.52. The monoisotopic (exact) mass is 225 g/mol. The number of hydrogen-bond acceptors (Lipinski definition) is 2. The Bertz CT molecular complexity index is 356. The van der Waals surface area contributed by atoms with Gasteiger partial charge in [0.2, 0.25) is 0 Å². The van der Waals surface area contributed by atoms with Crippen LogP contribution in [0.3, 0.4) is 0 Å². The molecule has 3 nitrogen and oxygen atoms in total. The van der Waals surface area contributed by atoms with Gasteiger partial charge in [0.15, 0.2) is 0 Å². The van der Waals surface area contributed by atoms with Crippen LogP contribution in [0.25, 0.3) is 0 Å². The van der Waals surface area contributed by atoms with Crippen molar-refractivity contribution in [2.45, 2.75) is 44.5 Å². The molecule has 1 aromatic rings. The van der Waals surface area contributed by atoms with Crippen LogP contribution in [0.1, 0.15) is 32.0 Å². The fourth-order valence-electron chi connectivity index (χ4n) is 1.92. The highest BCUT2D eigenvalue weighted by atomic mass is 35.5. The Balaban J connectivity index is 2.04. The lowest BCUT2D eigenvalue weighted by atomic mass is 10.1. The normalized spacial score (nSPS) is 20.7. The van der Waals surface area contributed by atoms with E-state index in [2.05, 4.69) is 23.1 Å². The van der Waals surface area contributed by atoms with E-state index in [9.17, 15) is 0 Å². The van der Waals surface area contributed by atoms with Crippen LogP contribution < -0.4 is 0 Å². The van der Waals surface area contributed by atoms with Gasteiger partial charge in [-0.05, 0) is 19.3 Å². The zero-order valence-corrected chi connectivity index (χ0v) is 9.74. The molecular formula is C11H16ClN3. The zero-order valence-electron chi connectivity index (χ0n) is 8.99. The van der Waals surface area contributed by atoms with Crippen LogP contribution in [0.2, 0.25) is 0 Å². The lowest BCUT2D eigenvalue weighted by molar-refractivity contribution is 0.573. The Hall–Kier alpha value is -0.830. The van der Waals surface area contributed by atoms with E-state index in [4.69, 9.17) is 11.6 Å². The molecular weight excluding hydrogens is 210 g/mol. The molecule has 0 saturated heterocycles. The molecule has 0 saturated carbocycles. The number of halogens is 1. The fraction of sp³-hybridized carbons (Fsp3) is 0.636. The minimum Gasteiger partial charge on any atom is -0.250 e. The van der Waals surface area contributed by atoms with Gasteiger partial charge in [0, 0.05) is 13.0 Å². The molecule has 0 N–H and O–H groups in total. The van der Waals surface area contributed by atoms with E-state index in [0.29, 0.717) is 0 Å². The number of hydrogen-bond donors (Lipinski definition) is 0. The van der Waals surface area contributed by atoms with Crippen molar-refractivity contribution in [3.05, 3.63) is 23.8 Å². The number of alkyl halides is 1.